The van der Waals surface area contributed by atoms with Crippen LogP contribution in [-0.4, -0.2) is 37.4 Å². The van der Waals surface area contributed by atoms with Crippen LogP contribution in [0.1, 0.15) is 12.5 Å². The average molecular weight is 329 g/mol. The van der Waals surface area contributed by atoms with Crippen LogP contribution < -0.4 is 5.32 Å². The Kier molecular flexibility index (Phi) is 4.58. The van der Waals surface area contributed by atoms with Crippen molar-refractivity contribution in [2.45, 2.75) is 18.6 Å². The fourth-order valence-electron chi connectivity index (χ4n) is 2.02. The van der Waals surface area contributed by atoms with E-state index in [2.05, 4.69) is 10.3 Å². The first kappa shape index (κ1) is 15.9. The first-order valence-corrected chi connectivity index (χ1v) is 8.84. The fourth-order valence-corrected chi connectivity index (χ4v) is 2.66. The Morgan fingerprint density at radius 3 is 2.81 bits per heavy atom. The van der Waals surface area contributed by atoms with Gasteiger partial charge in [0.1, 0.15) is 5.25 Å². The summed E-state index contributed by atoms with van der Waals surface area (Å²) in [6, 6.07) is 5.56. The number of hydrogen-bond donors (Lipinski definition) is 2. The van der Waals surface area contributed by atoms with Crippen LogP contribution in [0.15, 0.2) is 24.4 Å². The van der Waals surface area contributed by atoms with Crippen LogP contribution in [0.25, 0.3) is 10.9 Å². The molecule has 0 aliphatic rings. The standard InChI is InChI=1S/C14H17ClN2O3S/c1-9(21(2,19)20)14(18)16-6-5-10-8-17-13-4-3-11(15)7-12(10)13/h3-4,7-9,17H,5-6H2,1-2H3,(H,16,18)/t9-/m1/s1. The van der Waals surface area contributed by atoms with E-state index in [4.69, 9.17) is 11.6 Å². The Morgan fingerprint density at radius 1 is 1.43 bits per heavy atom. The number of halogens is 1. The minimum absolute atomic E-state index is 0.373. The number of carbonyl (C=O) groups excluding carboxylic acids is 1. The smallest absolute Gasteiger partial charge is 0.238 e. The van der Waals surface area contributed by atoms with Crippen molar-refractivity contribution in [2.24, 2.45) is 0 Å². The summed E-state index contributed by atoms with van der Waals surface area (Å²) in [5.74, 6) is -0.477. The number of carbonyl (C=O) groups is 1. The normalized spacial score (nSPS) is 13.3. The van der Waals surface area contributed by atoms with Crippen molar-refractivity contribution in [3.63, 3.8) is 0 Å². The first-order chi connectivity index (χ1) is 9.79. The van der Waals surface area contributed by atoms with E-state index in [1.807, 2.05) is 18.3 Å². The lowest BCUT2D eigenvalue weighted by molar-refractivity contribution is -0.120. The van der Waals surface area contributed by atoms with Gasteiger partial charge in [-0.2, -0.15) is 0 Å². The number of H-pyrrole nitrogens is 1. The summed E-state index contributed by atoms with van der Waals surface area (Å²) >= 11 is 5.97. The Labute approximate surface area is 128 Å². The summed E-state index contributed by atoms with van der Waals surface area (Å²) < 4.78 is 22.6. The molecule has 0 aliphatic heterocycles. The number of hydrogen-bond acceptors (Lipinski definition) is 3. The molecule has 1 atom stereocenters. The van der Waals surface area contributed by atoms with Crippen molar-refractivity contribution in [1.29, 1.82) is 0 Å². The highest BCUT2D eigenvalue weighted by Crippen LogP contribution is 2.22. The molecule has 0 unspecified atom stereocenters. The van der Waals surface area contributed by atoms with Crippen molar-refractivity contribution in [3.8, 4) is 0 Å². The molecular weight excluding hydrogens is 312 g/mol. The van der Waals surface area contributed by atoms with Crippen molar-refractivity contribution in [2.75, 3.05) is 12.8 Å². The summed E-state index contributed by atoms with van der Waals surface area (Å²) in [5, 5.41) is 3.27. The van der Waals surface area contributed by atoms with Gasteiger partial charge in [0.15, 0.2) is 9.84 Å². The minimum atomic E-state index is -3.36. The summed E-state index contributed by atoms with van der Waals surface area (Å²) in [6.45, 7) is 1.76. The predicted molar refractivity (Wildman–Crippen MR) is 84.3 cm³/mol. The molecule has 1 amide bonds. The Morgan fingerprint density at radius 2 is 2.14 bits per heavy atom. The Balaban J connectivity index is 2.00. The second kappa shape index (κ2) is 6.07. The third-order valence-electron chi connectivity index (χ3n) is 3.43. The summed E-state index contributed by atoms with van der Waals surface area (Å²) in [7, 11) is -3.36. The minimum Gasteiger partial charge on any atom is -0.361 e. The monoisotopic (exact) mass is 328 g/mol. The number of sulfone groups is 1. The third kappa shape index (κ3) is 3.77. The van der Waals surface area contributed by atoms with Crippen molar-refractivity contribution < 1.29 is 13.2 Å². The van der Waals surface area contributed by atoms with Crippen LogP contribution in [0.5, 0.6) is 0 Å². The maximum absolute atomic E-state index is 11.7. The molecular formula is C14H17ClN2O3S. The molecule has 0 spiro atoms. The number of aromatic nitrogens is 1. The van der Waals surface area contributed by atoms with E-state index in [0.717, 1.165) is 22.7 Å². The molecule has 2 N–H and O–H groups in total. The molecule has 2 rings (SSSR count). The van der Waals surface area contributed by atoms with Crippen LogP contribution in [-0.2, 0) is 21.1 Å². The highest BCUT2D eigenvalue weighted by Gasteiger charge is 2.22. The van der Waals surface area contributed by atoms with E-state index >= 15 is 0 Å². The summed E-state index contributed by atoms with van der Waals surface area (Å²) in [4.78, 5) is 14.8. The van der Waals surface area contributed by atoms with Gasteiger partial charge in [-0.15, -0.1) is 0 Å². The average Bonchev–Trinajstić information content (AvgIpc) is 2.79. The van der Waals surface area contributed by atoms with Gasteiger partial charge in [0, 0.05) is 34.9 Å². The number of nitrogens with one attached hydrogen (secondary N) is 2. The zero-order valence-corrected chi connectivity index (χ0v) is 13.4. The van der Waals surface area contributed by atoms with Crippen molar-refractivity contribution >= 4 is 38.2 Å². The molecule has 21 heavy (non-hydrogen) atoms. The van der Waals surface area contributed by atoms with Gasteiger partial charge in [0.25, 0.3) is 0 Å². The molecule has 0 saturated carbocycles. The molecule has 5 nitrogen and oxygen atoms in total. The van der Waals surface area contributed by atoms with E-state index in [1.54, 1.807) is 6.07 Å². The number of amides is 1. The first-order valence-electron chi connectivity index (χ1n) is 6.51. The van der Waals surface area contributed by atoms with Crippen LogP contribution in [0.2, 0.25) is 5.02 Å². The molecule has 0 bridgehead atoms. The molecule has 0 saturated heterocycles. The second-order valence-corrected chi connectivity index (χ2v) is 7.82. The SMILES string of the molecule is C[C@H](C(=O)NCCc1c[nH]c2ccc(Cl)cc12)S(C)(=O)=O. The fraction of sp³-hybridized carbons (Fsp3) is 0.357. The molecule has 2 aromatic rings. The number of benzene rings is 1. The lowest BCUT2D eigenvalue weighted by Crippen LogP contribution is -2.38. The molecule has 7 heteroatoms. The van der Waals surface area contributed by atoms with Gasteiger partial charge in [-0.05, 0) is 37.1 Å². The quantitative estimate of drug-likeness (QED) is 0.880. The van der Waals surface area contributed by atoms with Crippen LogP contribution in [0.3, 0.4) is 0 Å². The predicted octanol–water partition coefficient (Wildman–Crippen LogP) is 1.91. The van der Waals surface area contributed by atoms with Crippen LogP contribution in [0.4, 0.5) is 0 Å². The van der Waals surface area contributed by atoms with Gasteiger partial charge in [-0.3, -0.25) is 4.79 Å². The van der Waals surface area contributed by atoms with E-state index in [1.165, 1.54) is 6.92 Å². The van der Waals surface area contributed by atoms with Crippen LogP contribution >= 0.6 is 11.6 Å². The number of aromatic amines is 1. The van der Waals surface area contributed by atoms with Crippen molar-refractivity contribution in [1.82, 2.24) is 10.3 Å². The Hall–Kier alpha value is -1.53. The van der Waals surface area contributed by atoms with Gasteiger partial charge >= 0.3 is 0 Å². The van der Waals surface area contributed by atoms with Gasteiger partial charge in [-0.25, -0.2) is 8.42 Å². The third-order valence-corrected chi connectivity index (χ3v) is 5.17. The van der Waals surface area contributed by atoms with Gasteiger partial charge in [-0.1, -0.05) is 11.6 Å². The molecule has 0 fully saturated rings. The maximum Gasteiger partial charge on any atom is 0.238 e. The van der Waals surface area contributed by atoms with E-state index in [0.29, 0.717) is 18.0 Å². The van der Waals surface area contributed by atoms with Gasteiger partial charge < -0.3 is 10.3 Å². The molecule has 1 heterocycles. The van der Waals surface area contributed by atoms with Crippen molar-refractivity contribution in [3.05, 3.63) is 35.0 Å². The van der Waals surface area contributed by atoms with E-state index in [9.17, 15) is 13.2 Å². The molecule has 0 aliphatic carbocycles. The Bertz CT molecular complexity index is 768. The molecule has 1 aromatic carbocycles. The number of fused-ring (bicyclic) bond motifs is 1. The maximum atomic E-state index is 11.7. The van der Waals surface area contributed by atoms with E-state index < -0.39 is 21.0 Å². The second-order valence-electron chi connectivity index (χ2n) is 5.02. The molecule has 0 radical (unpaired) electrons. The summed E-state index contributed by atoms with van der Waals surface area (Å²) in [6.07, 6.45) is 3.52. The zero-order valence-electron chi connectivity index (χ0n) is 11.8. The highest BCUT2D eigenvalue weighted by molar-refractivity contribution is 7.92. The van der Waals surface area contributed by atoms with E-state index in [-0.39, 0.29) is 0 Å². The van der Waals surface area contributed by atoms with Crippen LogP contribution in [0, 0.1) is 0 Å². The topological polar surface area (TPSA) is 79.0 Å². The number of rotatable bonds is 5. The lowest BCUT2D eigenvalue weighted by atomic mass is 10.1. The van der Waals surface area contributed by atoms with Gasteiger partial charge in [0.2, 0.25) is 5.91 Å². The lowest BCUT2D eigenvalue weighted by Gasteiger charge is -2.10. The van der Waals surface area contributed by atoms with Gasteiger partial charge in [0.05, 0.1) is 0 Å². The molecule has 114 valence electrons. The highest BCUT2D eigenvalue weighted by atomic mass is 35.5. The zero-order chi connectivity index (χ0) is 15.6. The largest absolute Gasteiger partial charge is 0.361 e. The molecule has 1 aromatic heterocycles. The summed E-state index contributed by atoms with van der Waals surface area (Å²) in [5.41, 5.74) is 2.00.